The van der Waals surface area contributed by atoms with Crippen molar-refractivity contribution in [2.45, 2.75) is 6.42 Å². The normalized spacial score (nSPS) is 10.1. The predicted molar refractivity (Wildman–Crippen MR) is 63.2 cm³/mol. The summed E-state index contributed by atoms with van der Waals surface area (Å²) in [5, 5.41) is 8.76. The maximum absolute atomic E-state index is 10.7. The van der Waals surface area contributed by atoms with E-state index in [1.165, 1.54) is 0 Å². The third-order valence-corrected chi connectivity index (χ3v) is 2.36. The minimum atomic E-state index is -0.926. The molecule has 0 aliphatic heterocycles. The van der Waals surface area contributed by atoms with E-state index in [-0.39, 0.29) is 12.2 Å². The highest BCUT2D eigenvalue weighted by molar-refractivity contribution is 5.74. The molecular weight excluding hydrogens is 218 g/mol. The van der Waals surface area contributed by atoms with Gasteiger partial charge in [0.25, 0.3) is 0 Å². The number of carboxylic acid groups (broad SMARTS) is 1. The first-order chi connectivity index (χ1) is 8.16. The largest absolute Gasteiger partial charge is 0.481 e. The van der Waals surface area contributed by atoms with Crippen molar-refractivity contribution < 1.29 is 9.90 Å². The van der Waals surface area contributed by atoms with Crippen molar-refractivity contribution in [3.63, 3.8) is 0 Å². The molecule has 0 radical (unpaired) electrons. The molecule has 5 heteroatoms. The van der Waals surface area contributed by atoms with E-state index >= 15 is 0 Å². The SMILES string of the molecule is Nc1ncc(-c2ccncc2)cc1CC(=O)O. The number of rotatable bonds is 3. The third-order valence-electron chi connectivity index (χ3n) is 2.36. The van der Waals surface area contributed by atoms with Crippen LogP contribution < -0.4 is 5.73 Å². The molecule has 5 nitrogen and oxygen atoms in total. The number of nitrogens with two attached hydrogens (primary N) is 1. The van der Waals surface area contributed by atoms with E-state index < -0.39 is 5.97 Å². The Kier molecular flexibility index (Phi) is 3.00. The molecule has 0 fully saturated rings. The topological polar surface area (TPSA) is 89.1 Å². The summed E-state index contributed by atoms with van der Waals surface area (Å²) in [6.45, 7) is 0. The van der Waals surface area contributed by atoms with E-state index in [9.17, 15) is 4.79 Å². The lowest BCUT2D eigenvalue weighted by atomic mass is 10.1. The summed E-state index contributed by atoms with van der Waals surface area (Å²) >= 11 is 0. The summed E-state index contributed by atoms with van der Waals surface area (Å²) in [4.78, 5) is 18.6. The highest BCUT2D eigenvalue weighted by atomic mass is 16.4. The fraction of sp³-hybridized carbons (Fsp3) is 0.0833. The van der Waals surface area contributed by atoms with Crippen molar-refractivity contribution in [3.8, 4) is 11.1 Å². The second-order valence-corrected chi connectivity index (χ2v) is 3.57. The zero-order valence-electron chi connectivity index (χ0n) is 9.00. The number of pyridine rings is 2. The van der Waals surface area contributed by atoms with Gasteiger partial charge in [-0.25, -0.2) is 4.98 Å². The molecule has 0 aromatic carbocycles. The molecule has 2 aromatic rings. The van der Waals surface area contributed by atoms with Crippen molar-refractivity contribution in [1.29, 1.82) is 0 Å². The minimum absolute atomic E-state index is 0.127. The number of aliphatic carboxylic acids is 1. The van der Waals surface area contributed by atoms with E-state index in [0.717, 1.165) is 11.1 Å². The quantitative estimate of drug-likeness (QED) is 0.829. The van der Waals surface area contributed by atoms with Gasteiger partial charge < -0.3 is 10.8 Å². The van der Waals surface area contributed by atoms with E-state index in [4.69, 9.17) is 10.8 Å². The molecule has 0 atom stereocenters. The molecule has 86 valence electrons. The highest BCUT2D eigenvalue weighted by Crippen LogP contribution is 2.21. The molecule has 17 heavy (non-hydrogen) atoms. The number of carboxylic acids is 1. The Bertz CT molecular complexity index is 541. The number of nitrogen functional groups attached to an aromatic ring is 1. The van der Waals surface area contributed by atoms with Crippen LogP contribution in [0.1, 0.15) is 5.56 Å². The van der Waals surface area contributed by atoms with Crippen molar-refractivity contribution in [3.05, 3.63) is 42.4 Å². The van der Waals surface area contributed by atoms with Gasteiger partial charge in [0.15, 0.2) is 0 Å². The molecule has 2 rings (SSSR count). The van der Waals surface area contributed by atoms with Gasteiger partial charge in [0, 0.05) is 29.7 Å². The summed E-state index contributed by atoms with van der Waals surface area (Å²) in [5.41, 5.74) is 7.91. The minimum Gasteiger partial charge on any atom is -0.481 e. The van der Waals surface area contributed by atoms with Crippen LogP contribution in [-0.4, -0.2) is 21.0 Å². The zero-order chi connectivity index (χ0) is 12.3. The smallest absolute Gasteiger partial charge is 0.307 e. The molecular formula is C12H11N3O2. The Labute approximate surface area is 98.0 Å². The molecule has 2 heterocycles. The van der Waals surface area contributed by atoms with Gasteiger partial charge in [-0.3, -0.25) is 9.78 Å². The number of anilines is 1. The predicted octanol–water partition coefficient (Wildman–Crippen LogP) is 1.35. The van der Waals surface area contributed by atoms with Crippen molar-refractivity contribution in [2.75, 3.05) is 5.73 Å². The van der Waals surface area contributed by atoms with Crippen LogP contribution in [0.3, 0.4) is 0 Å². The van der Waals surface area contributed by atoms with Gasteiger partial charge in [0.1, 0.15) is 5.82 Å². The van der Waals surface area contributed by atoms with Crippen LogP contribution in [0.2, 0.25) is 0 Å². The number of nitrogens with zero attached hydrogens (tertiary/aromatic N) is 2. The van der Waals surface area contributed by atoms with Crippen LogP contribution in [-0.2, 0) is 11.2 Å². The van der Waals surface area contributed by atoms with Gasteiger partial charge in [-0.05, 0) is 23.8 Å². The molecule has 0 saturated carbocycles. The van der Waals surface area contributed by atoms with Gasteiger partial charge in [0.2, 0.25) is 0 Å². The molecule has 0 spiro atoms. The van der Waals surface area contributed by atoms with Crippen LogP contribution in [0.5, 0.6) is 0 Å². The Morgan fingerprint density at radius 1 is 1.29 bits per heavy atom. The summed E-state index contributed by atoms with van der Waals surface area (Å²) in [6.07, 6.45) is 4.83. The molecule has 0 aliphatic rings. The van der Waals surface area contributed by atoms with Gasteiger partial charge in [-0.15, -0.1) is 0 Å². The summed E-state index contributed by atoms with van der Waals surface area (Å²) < 4.78 is 0. The van der Waals surface area contributed by atoms with Crippen LogP contribution in [0.15, 0.2) is 36.8 Å². The van der Waals surface area contributed by atoms with Crippen molar-refractivity contribution in [1.82, 2.24) is 9.97 Å². The maximum Gasteiger partial charge on any atom is 0.307 e. The number of carbonyl (C=O) groups is 1. The maximum atomic E-state index is 10.7. The standard InChI is InChI=1S/C12H11N3O2/c13-12-9(6-11(16)17)5-10(7-15-12)8-1-3-14-4-2-8/h1-5,7H,6H2,(H2,13,15)(H,16,17). The van der Waals surface area contributed by atoms with Gasteiger partial charge in [-0.1, -0.05) is 0 Å². The van der Waals surface area contributed by atoms with Crippen molar-refractivity contribution in [2.24, 2.45) is 0 Å². The molecule has 0 saturated heterocycles. The Balaban J connectivity index is 2.41. The van der Waals surface area contributed by atoms with E-state index in [0.29, 0.717) is 5.56 Å². The second-order valence-electron chi connectivity index (χ2n) is 3.57. The molecule has 3 N–H and O–H groups in total. The highest BCUT2D eigenvalue weighted by Gasteiger charge is 2.08. The lowest BCUT2D eigenvalue weighted by Gasteiger charge is -2.06. The molecule has 2 aromatic heterocycles. The molecule has 0 aliphatic carbocycles. The third kappa shape index (κ3) is 2.57. The van der Waals surface area contributed by atoms with E-state index in [1.807, 2.05) is 12.1 Å². The Hall–Kier alpha value is -2.43. The first kappa shape index (κ1) is 11.1. The van der Waals surface area contributed by atoms with Crippen LogP contribution >= 0.6 is 0 Å². The average Bonchev–Trinajstić information content (AvgIpc) is 2.32. The van der Waals surface area contributed by atoms with Crippen LogP contribution in [0, 0.1) is 0 Å². The van der Waals surface area contributed by atoms with Crippen LogP contribution in [0.25, 0.3) is 11.1 Å². The summed E-state index contributed by atoms with van der Waals surface area (Å²) in [7, 11) is 0. The lowest BCUT2D eigenvalue weighted by Crippen LogP contribution is -2.05. The van der Waals surface area contributed by atoms with Gasteiger partial charge >= 0.3 is 5.97 Å². The van der Waals surface area contributed by atoms with E-state index in [1.54, 1.807) is 24.7 Å². The van der Waals surface area contributed by atoms with Gasteiger partial charge in [0.05, 0.1) is 6.42 Å². The summed E-state index contributed by atoms with van der Waals surface area (Å²) in [5.74, 6) is -0.671. The lowest BCUT2D eigenvalue weighted by molar-refractivity contribution is -0.136. The summed E-state index contributed by atoms with van der Waals surface area (Å²) in [6, 6.07) is 5.40. The number of aromatic nitrogens is 2. The van der Waals surface area contributed by atoms with Crippen LogP contribution in [0.4, 0.5) is 5.82 Å². The Morgan fingerprint density at radius 2 is 2.00 bits per heavy atom. The molecule has 0 unspecified atom stereocenters. The zero-order valence-corrected chi connectivity index (χ0v) is 9.00. The van der Waals surface area contributed by atoms with Gasteiger partial charge in [-0.2, -0.15) is 0 Å². The average molecular weight is 229 g/mol. The fourth-order valence-electron chi connectivity index (χ4n) is 1.53. The number of hydrogen-bond donors (Lipinski definition) is 2. The monoisotopic (exact) mass is 229 g/mol. The first-order valence-electron chi connectivity index (χ1n) is 5.03. The molecule has 0 amide bonds. The molecule has 0 bridgehead atoms. The fourth-order valence-corrected chi connectivity index (χ4v) is 1.53. The first-order valence-corrected chi connectivity index (χ1v) is 5.03. The Morgan fingerprint density at radius 3 is 2.65 bits per heavy atom. The number of hydrogen-bond acceptors (Lipinski definition) is 4. The van der Waals surface area contributed by atoms with Crippen molar-refractivity contribution >= 4 is 11.8 Å². The second kappa shape index (κ2) is 4.61. The van der Waals surface area contributed by atoms with E-state index in [2.05, 4.69) is 9.97 Å².